The summed E-state index contributed by atoms with van der Waals surface area (Å²) in [6, 6.07) is 17.8. The summed E-state index contributed by atoms with van der Waals surface area (Å²) in [6.07, 6.45) is 1.60. The zero-order valence-electron chi connectivity index (χ0n) is 20.3. The van der Waals surface area contributed by atoms with E-state index in [1.807, 2.05) is 59.5 Å². The highest BCUT2D eigenvalue weighted by Crippen LogP contribution is 2.34. The molecule has 0 N–H and O–H groups in total. The molecule has 0 saturated carbocycles. The van der Waals surface area contributed by atoms with Crippen LogP contribution < -0.4 is 14.4 Å². The first-order valence-corrected chi connectivity index (χ1v) is 11.6. The van der Waals surface area contributed by atoms with E-state index in [0.717, 1.165) is 34.1 Å². The van der Waals surface area contributed by atoms with Gasteiger partial charge in [0.25, 0.3) is 5.91 Å². The van der Waals surface area contributed by atoms with Crippen molar-refractivity contribution in [2.24, 2.45) is 0 Å². The lowest BCUT2D eigenvalue weighted by molar-refractivity contribution is -0.133. The summed E-state index contributed by atoms with van der Waals surface area (Å²) in [5.41, 5.74) is 2.84. The van der Waals surface area contributed by atoms with Crippen molar-refractivity contribution in [2.45, 2.75) is 26.2 Å². The molecule has 34 heavy (non-hydrogen) atoms. The number of hydrogen-bond acceptors (Lipinski definition) is 6. The summed E-state index contributed by atoms with van der Waals surface area (Å²) in [7, 11) is 1.65. The largest absolute Gasteiger partial charge is 0.497 e. The third-order valence-corrected chi connectivity index (χ3v) is 6.02. The van der Waals surface area contributed by atoms with Crippen LogP contribution in [0.1, 0.15) is 26.3 Å². The summed E-state index contributed by atoms with van der Waals surface area (Å²) < 4.78 is 11.3. The number of carbonyl (C=O) groups excluding carboxylic acids is 1. The molecular formula is C27H32N4O3. The number of aromatic nitrogens is 2. The molecule has 0 aliphatic carbocycles. The molecule has 2 aromatic carbocycles. The maximum atomic E-state index is 12.9. The number of hydrogen-bond donors (Lipinski definition) is 0. The quantitative estimate of drug-likeness (QED) is 0.550. The van der Waals surface area contributed by atoms with Crippen LogP contribution in [-0.2, 0) is 10.2 Å². The molecule has 178 valence electrons. The highest BCUT2D eigenvalue weighted by molar-refractivity contribution is 5.78. The smallest absolute Gasteiger partial charge is 0.260 e. The fourth-order valence-electron chi connectivity index (χ4n) is 4.05. The standard InChI is InChI=1S/C27H32N4O3/c1-27(2,3)22-16-21(33-4)10-11-24(22)34-18-26(32)31-14-12-30(13-15-31)25-17-23(28-19-29-25)20-8-6-5-7-9-20/h5-11,16-17,19H,12-15,18H2,1-4H3. The normalized spacial score (nSPS) is 14.1. The number of anilines is 1. The second-order valence-corrected chi connectivity index (χ2v) is 9.40. The molecule has 0 bridgehead atoms. The zero-order chi connectivity index (χ0) is 24.1. The Kier molecular flexibility index (Phi) is 7.01. The van der Waals surface area contributed by atoms with Gasteiger partial charge in [-0.15, -0.1) is 0 Å². The number of piperazine rings is 1. The first-order valence-electron chi connectivity index (χ1n) is 11.6. The number of methoxy groups -OCH3 is 1. The van der Waals surface area contributed by atoms with E-state index in [0.29, 0.717) is 26.2 Å². The van der Waals surface area contributed by atoms with Gasteiger partial charge in [0.2, 0.25) is 0 Å². The minimum atomic E-state index is -0.130. The average Bonchev–Trinajstić information content (AvgIpc) is 2.87. The van der Waals surface area contributed by atoms with Crippen LogP contribution in [0.3, 0.4) is 0 Å². The predicted molar refractivity (Wildman–Crippen MR) is 133 cm³/mol. The maximum absolute atomic E-state index is 12.9. The van der Waals surface area contributed by atoms with Gasteiger partial charge >= 0.3 is 0 Å². The molecule has 0 spiro atoms. The summed E-state index contributed by atoms with van der Waals surface area (Å²) in [5, 5.41) is 0. The SMILES string of the molecule is COc1ccc(OCC(=O)N2CCN(c3cc(-c4ccccc4)ncn3)CC2)c(C(C)(C)C)c1. The van der Waals surface area contributed by atoms with E-state index < -0.39 is 0 Å². The molecule has 1 aliphatic rings. The van der Waals surface area contributed by atoms with Crippen LogP contribution in [0.2, 0.25) is 0 Å². The van der Waals surface area contributed by atoms with Crippen molar-refractivity contribution in [2.75, 3.05) is 44.8 Å². The van der Waals surface area contributed by atoms with Crippen molar-refractivity contribution in [3.8, 4) is 22.8 Å². The number of rotatable bonds is 6. The molecule has 1 saturated heterocycles. The van der Waals surface area contributed by atoms with Crippen molar-refractivity contribution >= 4 is 11.7 Å². The van der Waals surface area contributed by atoms with Crippen LogP contribution in [0.5, 0.6) is 11.5 Å². The Morgan fingerprint density at radius 2 is 1.71 bits per heavy atom. The van der Waals surface area contributed by atoms with Gasteiger partial charge in [0, 0.05) is 43.4 Å². The predicted octanol–water partition coefficient (Wildman–Crippen LogP) is 4.18. The second kappa shape index (κ2) is 10.1. The molecule has 4 rings (SSSR count). The molecule has 1 aliphatic heterocycles. The van der Waals surface area contributed by atoms with E-state index in [1.165, 1.54) is 0 Å². The molecule has 7 nitrogen and oxygen atoms in total. The van der Waals surface area contributed by atoms with E-state index in [2.05, 4.69) is 35.6 Å². The van der Waals surface area contributed by atoms with Gasteiger partial charge in [0.05, 0.1) is 12.8 Å². The number of benzene rings is 2. The van der Waals surface area contributed by atoms with Gasteiger partial charge in [-0.1, -0.05) is 51.1 Å². The van der Waals surface area contributed by atoms with Crippen LogP contribution in [0.15, 0.2) is 60.9 Å². The fraction of sp³-hybridized carbons (Fsp3) is 0.370. The number of nitrogens with zero attached hydrogens (tertiary/aromatic N) is 4. The van der Waals surface area contributed by atoms with Gasteiger partial charge in [-0.05, 0) is 23.6 Å². The first-order chi connectivity index (χ1) is 16.3. The molecular weight excluding hydrogens is 428 g/mol. The molecule has 3 aromatic rings. The third kappa shape index (κ3) is 5.47. The van der Waals surface area contributed by atoms with Crippen LogP contribution in [-0.4, -0.2) is 60.7 Å². The Morgan fingerprint density at radius 3 is 2.38 bits per heavy atom. The fourth-order valence-corrected chi connectivity index (χ4v) is 4.05. The maximum Gasteiger partial charge on any atom is 0.260 e. The Hall–Kier alpha value is -3.61. The van der Waals surface area contributed by atoms with Crippen molar-refractivity contribution in [1.82, 2.24) is 14.9 Å². The van der Waals surface area contributed by atoms with Crippen LogP contribution in [0, 0.1) is 0 Å². The molecule has 0 radical (unpaired) electrons. The minimum Gasteiger partial charge on any atom is -0.497 e. The highest BCUT2D eigenvalue weighted by Gasteiger charge is 2.24. The Bertz CT molecular complexity index is 1120. The summed E-state index contributed by atoms with van der Waals surface area (Å²) >= 11 is 0. The van der Waals surface area contributed by atoms with E-state index in [-0.39, 0.29) is 17.9 Å². The summed E-state index contributed by atoms with van der Waals surface area (Å²) in [5.74, 6) is 2.36. The molecule has 1 aromatic heterocycles. The van der Waals surface area contributed by atoms with E-state index in [1.54, 1.807) is 13.4 Å². The summed E-state index contributed by atoms with van der Waals surface area (Å²) in [4.78, 5) is 25.8. The van der Waals surface area contributed by atoms with Crippen LogP contribution in [0.25, 0.3) is 11.3 Å². The van der Waals surface area contributed by atoms with E-state index >= 15 is 0 Å². The third-order valence-electron chi connectivity index (χ3n) is 6.02. The molecule has 1 amide bonds. The van der Waals surface area contributed by atoms with Gasteiger partial charge < -0.3 is 19.3 Å². The highest BCUT2D eigenvalue weighted by atomic mass is 16.5. The molecule has 0 unspecified atom stereocenters. The average molecular weight is 461 g/mol. The number of ether oxygens (including phenoxy) is 2. The van der Waals surface area contributed by atoms with Gasteiger partial charge in [-0.2, -0.15) is 0 Å². The van der Waals surface area contributed by atoms with Gasteiger partial charge in [0.1, 0.15) is 23.6 Å². The lowest BCUT2D eigenvalue weighted by atomic mass is 9.86. The Labute approximate surface area is 201 Å². The van der Waals surface area contributed by atoms with Gasteiger partial charge in [0.15, 0.2) is 6.61 Å². The van der Waals surface area contributed by atoms with Crippen LogP contribution in [0.4, 0.5) is 5.82 Å². The lowest BCUT2D eigenvalue weighted by Crippen LogP contribution is -2.50. The van der Waals surface area contributed by atoms with E-state index in [4.69, 9.17) is 9.47 Å². The molecule has 7 heteroatoms. The van der Waals surface area contributed by atoms with Crippen LogP contribution >= 0.6 is 0 Å². The van der Waals surface area contributed by atoms with Gasteiger partial charge in [-0.3, -0.25) is 4.79 Å². The lowest BCUT2D eigenvalue weighted by Gasteiger charge is -2.35. The molecule has 1 fully saturated rings. The topological polar surface area (TPSA) is 67.8 Å². The van der Waals surface area contributed by atoms with Gasteiger partial charge in [-0.25, -0.2) is 9.97 Å². The van der Waals surface area contributed by atoms with Crippen molar-refractivity contribution < 1.29 is 14.3 Å². The number of carbonyl (C=O) groups is 1. The number of amides is 1. The van der Waals surface area contributed by atoms with Crippen molar-refractivity contribution in [3.63, 3.8) is 0 Å². The first kappa shape index (κ1) is 23.5. The monoisotopic (exact) mass is 460 g/mol. The Balaban J connectivity index is 1.35. The Morgan fingerprint density at radius 1 is 0.971 bits per heavy atom. The molecule has 0 atom stereocenters. The minimum absolute atomic E-state index is 0.0111. The van der Waals surface area contributed by atoms with E-state index in [9.17, 15) is 4.79 Å². The summed E-state index contributed by atoms with van der Waals surface area (Å²) in [6.45, 7) is 9.05. The molecule has 2 heterocycles. The zero-order valence-corrected chi connectivity index (χ0v) is 20.3. The van der Waals surface area contributed by atoms with Crippen molar-refractivity contribution in [1.29, 1.82) is 0 Å². The second-order valence-electron chi connectivity index (χ2n) is 9.40. The van der Waals surface area contributed by atoms with Crippen molar-refractivity contribution in [3.05, 3.63) is 66.5 Å².